The molecule has 1 aliphatic heterocycles. The molecule has 1 saturated heterocycles. The van der Waals surface area contributed by atoms with E-state index in [2.05, 4.69) is 5.32 Å². The Morgan fingerprint density at radius 2 is 1.53 bits per heavy atom. The molecule has 2 aromatic rings. The number of anilines is 1. The van der Waals surface area contributed by atoms with Gasteiger partial charge in [0.15, 0.2) is 5.78 Å². The summed E-state index contributed by atoms with van der Waals surface area (Å²) in [7, 11) is 0. The minimum atomic E-state index is -0.935. The van der Waals surface area contributed by atoms with Gasteiger partial charge in [-0.25, -0.2) is 0 Å². The second-order valence-corrected chi connectivity index (χ2v) is 8.87. The van der Waals surface area contributed by atoms with Crippen LogP contribution in [0.25, 0.3) is 0 Å². The van der Waals surface area contributed by atoms with Gasteiger partial charge in [0.25, 0.3) is 0 Å². The second-order valence-electron chi connectivity index (χ2n) is 8.87. The highest BCUT2D eigenvalue weighted by atomic mass is 16.2. The number of fused-ring (bicyclic) bond motifs is 5. The third-order valence-electron chi connectivity index (χ3n) is 6.95. The Bertz CT molecular complexity index is 1090. The lowest BCUT2D eigenvalue weighted by Gasteiger charge is -2.27. The molecule has 3 amide bonds. The Kier molecular flexibility index (Phi) is 5.00. The van der Waals surface area contributed by atoms with Crippen molar-refractivity contribution in [2.24, 2.45) is 23.7 Å². The Labute approximate surface area is 186 Å². The third kappa shape index (κ3) is 3.36. The van der Waals surface area contributed by atoms with Gasteiger partial charge in [-0.05, 0) is 55.0 Å². The molecule has 5 atom stereocenters. The van der Waals surface area contributed by atoms with Gasteiger partial charge in [0.1, 0.15) is 6.04 Å². The minimum Gasteiger partial charge on any atom is -0.324 e. The second kappa shape index (κ2) is 7.86. The van der Waals surface area contributed by atoms with Crippen LogP contribution in [0.2, 0.25) is 0 Å². The summed E-state index contributed by atoms with van der Waals surface area (Å²) in [5, 5.41) is 2.84. The summed E-state index contributed by atoms with van der Waals surface area (Å²) < 4.78 is 0. The number of carbonyl (C=O) groups is 4. The molecule has 2 aromatic carbocycles. The fourth-order valence-electron chi connectivity index (χ4n) is 5.38. The van der Waals surface area contributed by atoms with Crippen molar-refractivity contribution in [3.8, 4) is 0 Å². The summed E-state index contributed by atoms with van der Waals surface area (Å²) in [5.74, 6) is -1.46. The number of benzene rings is 2. The van der Waals surface area contributed by atoms with Crippen LogP contribution < -0.4 is 5.32 Å². The van der Waals surface area contributed by atoms with Crippen LogP contribution in [0.1, 0.15) is 29.3 Å². The first-order valence-electron chi connectivity index (χ1n) is 10.9. The zero-order valence-electron chi connectivity index (χ0n) is 17.7. The van der Waals surface area contributed by atoms with Crippen LogP contribution in [0.15, 0.2) is 66.7 Å². The number of nitrogens with zero attached hydrogens (tertiary/aromatic N) is 1. The molecule has 6 heteroatoms. The molecule has 162 valence electrons. The van der Waals surface area contributed by atoms with Crippen LogP contribution in [-0.2, 0) is 20.8 Å². The highest BCUT2D eigenvalue weighted by molar-refractivity contribution is 6.11. The highest BCUT2D eigenvalue weighted by Crippen LogP contribution is 2.53. The van der Waals surface area contributed by atoms with E-state index >= 15 is 0 Å². The monoisotopic (exact) mass is 428 g/mol. The Morgan fingerprint density at radius 3 is 2.09 bits per heavy atom. The van der Waals surface area contributed by atoms with Crippen molar-refractivity contribution < 1.29 is 19.2 Å². The average Bonchev–Trinajstić information content (AvgIpc) is 3.47. The number of ketones is 1. The Morgan fingerprint density at radius 1 is 0.938 bits per heavy atom. The maximum absolute atomic E-state index is 13.4. The number of rotatable bonds is 6. The number of likely N-dealkylation sites (tertiary alicyclic amines) is 1. The third-order valence-corrected chi connectivity index (χ3v) is 6.95. The van der Waals surface area contributed by atoms with Gasteiger partial charge in [0, 0.05) is 17.7 Å². The van der Waals surface area contributed by atoms with Gasteiger partial charge < -0.3 is 5.32 Å². The van der Waals surface area contributed by atoms with E-state index in [9.17, 15) is 19.2 Å². The zero-order valence-corrected chi connectivity index (χ0v) is 17.7. The molecular weight excluding hydrogens is 404 g/mol. The van der Waals surface area contributed by atoms with Crippen LogP contribution >= 0.6 is 0 Å². The van der Waals surface area contributed by atoms with Gasteiger partial charge in [-0.3, -0.25) is 24.1 Å². The lowest BCUT2D eigenvalue weighted by molar-refractivity contribution is -0.147. The topological polar surface area (TPSA) is 83.6 Å². The summed E-state index contributed by atoms with van der Waals surface area (Å²) in [6.07, 6.45) is 5.18. The van der Waals surface area contributed by atoms with Crippen molar-refractivity contribution in [2.75, 3.05) is 5.32 Å². The molecular formula is C26H24N2O4. The maximum Gasteiger partial charge on any atom is 0.248 e. The van der Waals surface area contributed by atoms with Gasteiger partial charge in [-0.15, -0.1) is 0 Å². The van der Waals surface area contributed by atoms with E-state index in [1.54, 1.807) is 24.3 Å². The summed E-state index contributed by atoms with van der Waals surface area (Å²) >= 11 is 0. The van der Waals surface area contributed by atoms with Gasteiger partial charge in [0.05, 0.1) is 11.8 Å². The minimum absolute atomic E-state index is 0.0622. The quantitative estimate of drug-likeness (QED) is 0.435. The van der Waals surface area contributed by atoms with Crippen molar-refractivity contribution >= 4 is 29.2 Å². The van der Waals surface area contributed by atoms with E-state index in [1.807, 2.05) is 42.5 Å². The van der Waals surface area contributed by atoms with E-state index in [1.165, 1.54) is 11.8 Å². The summed E-state index contributed by atoms with van der Waals surface area (Å²) in [6.45, 7) is 1.48. The molecule has 0 radical (unpaired) electrons. The van der Waals surface area contributed by atoms with Gasteiger partial charge in [-0.2, -0.15) is 0 Å². The molecule has 2 fully saturated rings. The van der Waals surface area contributed by atoms with Crippen LogP contribution in [0.3, 0.4) is 0 Å². The van der Waals surface area contributed by atoms with Crippen molar-refractivity contribution in [2.45, 2.75) is 25.8 Å². The van der Waals surface area contributed by atoms with E-state index < -0.39 is 11.9 Å². The smallest absolute Gasteiger partial charge is 0.248 e. The molecule has 0 spiro atoms. The number of Topliss-reactive ketones (excluding diaryl/α,β-unsaturated/α-hetero) is 1. The van der Waals surface area contributed by atoms with Crippen LogP contribution in [-0.4, -0.2) is 34.4 Å². The fraction of sp³-hybridized carbons (Fsp3) is 0.308. The molecule has 2 bridgehead atoms. The van der Waals surface area contributed by atoms with Gasteiger partial charge >= 0.3 is 0 Å². The first-order chi connectivity index (χ1) is 15.4. The molecule has 1 saturated carbocycles. The zero-order chi connectivity index (χ0) is 22.4. The van der Waals surface area contributed by atoms with Crippen LogP contribution in [0.4, 0.5) is 5.69 Å². The Hall–Kier alpha value is -3.54. The number of carbonyl (C=O) groups excluding carboxylic acids is 4. The molecule has 6 nitrogen and oxygen atoms in total. The van der Waals surface area contributed by atoms with Crippen molar-refractivity contribution in [1.82, 2.24) is 4.90 Å². The van der Waals surface area contributed by atoms with Crippen LogP contribution in [0, 0.1) is 23.7 Å². The number of hydrogen-bond acceptors (Lipinski definition) is 4. The van der Waals surface area contributed by atoms with E-state index in [0.717, 1.165) is 12.0 Å². The summed E-state index contributed by atoms with van der Waals surface area (Å²) in [6, 6.07) is 15.1. The number of imide groups is 1. The summed E-state index contributed by atoms with van der Waals surface area (Å²) in [4.78, 5) is 52.8. The molecule has 32 heavy (non-hydrogen) atoms. The SMILES string of the molecule is CC(=O)c1ccc(NC(=O)[C@H](Cc2ccccc2)N2C(=O)[C@@H]3[C@H](C2=O)[C@H]2C=C[C@H]3C2)cc1. The lowest BCUT2D eigenvalue weighted by atomic mass is 9.85. The molecule has 0 aromatic heterocycles. The first kappa shape index (κ1) is 20.4. The predicted molar refractivity (Wildman–Crippen MR) is 119 cm³/mol. The van der Waals surface area contributed by atoms with Crippen molar-refractivity contribution in [3.05, 3.63) is 77.9 Å². The largest absolute Gasteiger partial charge is 0.324 e. The van der Waals surface area contributed by atoms with Gasteiger partial charge in [0.2, 0.25) is 17.7 Å². The fourth-order valence-corrected chi connectivity index (χ4v) is 5.38. The van der Waals surface area contributed by atoms with E-state index in [4.69, 9.17) is 0 Å². The summed E-state index contributed by atoms with van der Waals surface area (Å²) in [5.41, 5.74) is 1.93. The number of amides is 3. The predicted octanol–water partition coefficient (Wildman–Crippen LogP) is 3.25. The molecule has 1 heterocycles. The van der Waals surface area contributed by atoms with Crippen molar-refractivity contribution in [3.63, 3.8) is 0 Å². The van der Waals surface area contributed by atoms with E-state index in [-0.39, 0.29) is 47.7 Å². The molecule has 2 aliphatic carbocycles. The number of hydrogen-bond donors (Lipinski definition) is 1. The average molecular weight is 428 g/mol. The molecule has 0 unspecified atom stereocenters. The van der Waals surface area contributed by atoms with Crippen molar-refractivity contribution in [1.29, 1.82) is 0 Å². The first-order valence-corrected chi connectivity index (χ1v) is 10.9. The molecule has 5 rings (SSSR count). The lowest BCUT2D eigenvalue weighted by Crippen LogP contribution is -2.49. The highest BCUT2D eigenvalue weighted by Gasteiger charge is 2.61. The van der Waals surface area contributed by atoms with Crippen LogP contribution in [0.5, 0.6) is 0 Å². The number of nitrogens with one attached hydrogen (secondary N) is 1. The van der Waals surface area contributed by atoms with Gasteiger partial charge in [-0.1, -0.05) is 42.5 Å². The molecule has 1 N–H and O–H groups in total. The maximum atomic E-state index is 13.4. The number of allylic oxidation sites excluding steroid dienone is 2. The normalized spacial score (nSPS) is 26.3. The standard InChI is InChI=1S/C26H24N2O4/c1-15(29)17-9-11-20(12-10-17)27-24(30)21(13-16-5-3-2-4-6-16)28-25(31)22-18-7-8-19(14-18)23(22)26(28)32/h2-12,18-19,21-23H,13-14H2,1H3,(H,27,30)/t18-,19-,21-,22-,23+/m0/s1. The van der Waals surface area contributed by atoms with E-state index in [0.29, 0.717) is 11.3 Å². The Balaban J connectivity index is 1.43. The molecule has 3 aliphatic rings.